The van der Waals surface area contributed by atoms with E-state index in [9.17, 15) is 4.79 Å². The van der Waals surface area contributed by atoms with Crippen molar-refractivity contribution >= 4 is 17.1 Å². The number of nitrogens with zero attached hydrogens (tertiary/aromatic N) is 2. The Morgan fingerprint density at radius 1 is 1.16 bits per heavy atom. The predicted molar refractivity (Wildman–Crippen MR) is 72.6 cm³/mol. The summed E-state index contributed by atoms with van der Waals surface area (Å²) in [5.74, 6) is 0.790. The molecule has 102 valence electrons. The Morgan fingerprint density at radius 2 is 1.89 bits per heavy atom. The minimum Gasteiger partial charge on any atom is -0.369 e. The Bertz CT molecular complexity index is 652. The second-order valence-electron chi connectivity index (χ2n) is 5.43. The highest BCUT2D eigenvalue weighted by Gasteiger charge is 2.29. The molecule has 0 bridgehead atoms. The third-order valence-electron chi connectivity index (χ3n) is 3.80. The van der Waals surface area contributed by atoms with Crippen LogP contribution in [0.4, 0.5) is 5.95 Å². The van der Waals surface area contributed by atoms with Gasteiger partial charge in [0.1, 0.15) is 5.82 Å². The van der Waals surface area contributed by atoms with Gasteiger partial charge in [0, 0.05) is 12.0 Å². The summed E-state index contributed by atoms with van der Waals surface area (Å²) >= 11 is 0. The molecule has 0 radical (unpaired) electrons. The number of hydrogen-bond acceptors (Lipinski definition) is 5. The zero-order valence-electron chi connectivity index (χ0n) is 10.7. The Kier molecular flexibility index (Phi) is 2.78. The molecule has 0 unspecified atom stereocenters. The van der Waals surface area contributed by atoms with Gasteiger partial charge in [0.05, 0.1) is 0 Å². The van der Waals surface area contributed by atoms with E-state index in [1.54, 1.807) is 0 Å². The van der Waals surface area contributed by atoms with Crippen LogP contribution in [-0.4, -0.2) is 25.5 Å². The summed E-state index contributed by atoms with van der Waals surface area (Å²) in [7, 11) is 0. The topological polar surface area (TPSA) is 126 Å². The SMILES string of the molecule is Nc1nc2nc(CC3(N)CCCCC3)[nH]c2c(=O)[nH]1. The van der Waals surface area contributed by atoms with E-state index < -0.39 is 0 Å². The van der Waals surface area contributed by atoms with Gasteiger partial charge in [-0.2, -0.15) is 4.98 Å². The third kappa shape index (κ3) is 2.33. The Balaban J connectivity index is 1.93. The second kappa shape index (κ2) is 4.34. The molecule has 1 aliphatic rings. The van der Waals surface area contributed by atoms with Crippen molar-refractivity contribution in [3.8, 4) is 0 Å². The molecule has 2 aromatic rings. The first-order valence-corrected chi connectivity index (χ1v) is 6.59. The molecule has 7 heteroatoms. The van der Waals surface area contributed by atoms with Crippen molar-refractivity contribution in [2.24, 2.45) is 5.73 Å². The Hall–Kier alpha value is -1.89. The molecule has 3 rings (SSSR count). The van der Waals surface area contributed by atoms with Crippen LogP contribution in [0.2, 0.25) is 0 Å². The first-order chi connectivity index (χ1) is 9.06. The molecule has 1 saturated carbocycles. The Morgan fingerprint density at radius 3 is 2.63 bits per heavy atom. The summed E-state index contributed by atoms with van der Waals surface area (Å²) in [6, 6.07) is 0. The first-order valence-electron chi connectivity index (χ1n) is 6.59. The molecule has 2 aromatic heterocycles. The van der Waals surface area contributed by atoms with E-state index in [0.717, 1.165) is 25.7 Å². The fraction of sp³-hybridized carbons (Fsp3) is 0.583. The second-order valence-corrected chi connectivity index (χ2v) is 5.43. The lowest BCUT2D eigenvalue weighted by Gasteiger charge is -2.32. The number of nitrogen functional groups attached to an aromatic ring is 1. The molecule has 0 spiro atoms. The van der Waals surface area contributed by atoms with Gasteiger partial charge in [-0.25, -0.2) is 4.98 Å². The van der Waals surface area contributed by atoms with Gasteiger partial charge >= 0.3 is 0 Å². The maximum Gasteiger partial charge on any atom is 0.278 e. The number of aromatic nitrogens is 4. The lowest BCUT2D eigenvalue weighted by molar-refractivity contribution is 0.290. The van der Waals surface area contributed by atoms with Crippen LogP contribution >= 0.6 is 0 Å². The number of nitrogens with two attached hydrogens (primary N) is 2. The monoisotopic (exact) mass is 262 g/mol. The number of anilines is 1. The summed E-state index contributed by atoms with van der Waals surface area (Å²) in [4.78, 5) is 25.5. The molecule has 1 aliphatic carbocycles. The number of H-pyrrole nitrogens is 2. The van der Waals surface area contributed by atoms with Crippen molar-refractivity contribution in [3.05, 3.63) is 16.2 Å². The molecular weight excluding hydrogens is 244 g/mol. The van der Waals surface area contributed by atoms with Crippen molar-refractivity contribution in [2.45, 2.75) is 44.1 Å². The van der Waals surface area contributed by atoms with Crippen LogP contribution in [0.5, 0.6) is 0 Å². The van der Waals surface area contributed by atoms with Crippen molar-refractivity contribution in [3.63, 3.8) is 0 Å². The lowest BCUT2D eigenvalue weighted by atomic mass is 9.80. The van der Waals surface area contributed by atoms with Crippen molar-refractivity contribution < 1.29 is 0 Å². The molecule has 2 heterocycles. The maximum absolute atomic E-state index is 11.7. The zero-order chi connectivity index (χ0) is 13.5. The molecule has 19 heavy (non-hydrogen) atoms. The van der Waals surface area contributed by atoms with Gasteiger partial charge in [0.2, 0.25) is 5.95 Å². The van der Waals surface area contributed by atoms with Crippen molar-refractivity contribution in [1.82, 2.24) is 19.9 Å². The van der Waals surface area contributed by atoms with Crippen LogP contribution in [-0.2, 0) is 6.42 Å². The van der Waals surface area contributed by atoms with Crippen molar-refractivity contribution in [2.75, 3.05) is 5.73 Å². The summed E-state index contributed by atoms with van der Waals surface area (Å²) in [6.07, 6.45) is 6.19. The van der Waals surface area contributed by atoms with Crippen LogP contribution in [0.15, 0.2) is 4.79 Å². The normalized spacial score (nSPS) is 18.8. The van der Waals surface area contributed by atoms with E-state index in [2.05, 4.69) is 19.9 Å². The highest BCUT2D eigenvalue weighted by Crippen LogP contribution is 2.28. The molecular formula is C12H18N6O. The number of imidazole rings is 1. The van der Waals surface area contributed by atoms with Crippen LogP contribution in [0.25, 0.3) is 11.2 Å². The molecule has 6 N–H and O–H groups in total. The zero-order valence-corrected chi connectivity index (χ0v) is 10.7. The molecule has 0 amide bonds. The van der Waals surface area contributed by atoms with Gasteiger partial charge in [-0.3, -0.25) is 9.78 Å². The average molecular weight is 262 g/mol. The van der Waals surface area contributed by atoms with Crippen LogP contribution in [0.3, 0.4) is 0 Å². The van der Waals surface area contributed by atoms with Gasteiger partial charge in [0.15, 0.2) is 11.2 Å². The number of rotatable bonds is 2. The van der Waals surface area contributed by atoms with Gasteiger partial charge in [-0.05, 0) is 12.8 Å². The highest BCUT2D eigenvalue weighted by molar-refractivity contribution is 5.70. The van der Waals surface area contributed by atoms with E-state index >= 15 is 0 Å². The third-order valence-corrected chi connectivity index (χ3v) is 3.80. The quantitative estimate of drug-likeness (QED) is 0.624. The molecule has 1 fully saturated rings. The number of aromatic amines is 2. The van der Waals surface area contributed by atoms with Crippen LogP contribution in [0, 0.1) is 0 Å². The van der Waals surface area contributed by atoms with Gasteiger partial charge in [0.25, 0.3) is 5.56 Å². The van der Waals surface area contributed by atoms with Gasteiger partial charge in [-0.1, -0.05) is 19.3 Å². The molecule has 0 saturated heterocycles. The molecule has 7 nitrogen and oxygen atoms in total. The summed E-state index contributed by atoms with van der Waals surface area (Å²) in [5.41, 5.74) is 12.1. The lowest BCUT2D eigenvalue weighted by Crippen LogP contribution is -2.44. The fourth-order valence-electron chi connectivity index (χ4n) is 2.82. The number of nitrogens with one attached hydrogen (secondary N) is 2. The average Bonchev–Trinajstić information content (AvgIpc) is 2.71. The first kappa shape index (κ1) is 12.2. The maximum atomic E-state index is 11.7. The number of fused-ring (bicyclic) bond motifs is 1. The van der Waals surface area contributed by atoms with E-state index in [0.29, 0.717) is 23.4 Å². The van der Waals surface area contributed by atoms with Crippen LogP contribution in [0.1, 0.15) is 37.9 Å². The van der Waals surface area contributed by atoms with Crippen LogP contribution < -0.4 is 17.0 Å². The highest BCUT2D eigenvalue weighted by atomic mass is 16.1. The molecule has 0 atom stereocenters. The predicted octanol–water partition coefficient (Wildman–Crippen LogP) is 0.432. The smallest absolute Gasteiger partial charge is 0.278 e. The van der Waals surface area contributed by atoms with E-state index in [4.69, 9.17) is 11.5 Å². The molecule has 0 aliphatic heterocycles. The largest absolute Gasteiger partial charge is 0.369 e. The van der Waals surface area contributed by atoms with E-state index in [1.165, 1.54) is 6.42 Å². The molecule has 0 aromatic carbocycles. The minimum atomic E-state index is -0.295. The van der Waals surface area contributed by atoms with Crippen molar-refractivity contribution in [1.29, 1.82) is 0 Å². The summed E-state index contributed by atoms with van der Waals surface area (Å²) < 4.78 is 0. The van der Waals surface area contributed by atoms with E-state index in [1.807, 2.05) is 0 Å². The minimum absolute atomic E-state index is 0.0793. The fourth-order valence-corrected chi connectivity index (χ4v) is 2.82. The Labute approximate surface area is 109 Å². The summed E-state index contributed by atoms with van der Waals surface area (Å²) in [5, 5.41) is 0. The summed E-state index contributed by atoms with van der Waals surface area (Å²) in [6.45, 7) is 0. The van der Waals surface area contributed by atoms with Gasteiger partial charge < -0.3 is 16.5 Å². The standard InChI is InChI=1S/C12H18N6O/c13-11-17-9-8(10(19)18-11)15-7(16-9)6-12(14)4-2-1-3-5-12/h1-6,14H2,(H4,13,15,16,17,18,19). The van der Waals surface area contributed by atoms with Gasteiger partial charge in [-0.15, -0.1) is 0 Å². The number of hydrogen-bond donors (Lipinski definition) is 4. The van der Waals surface area contributed by atoms with E-state index in [-0.39, 0.29) is 17.0 Å².